The lowest BCUT2D eigenvalue weighted by Crippen LogP contribution is -2.75. The van der Waals surface area contributed by atoms with Crippen LogP contribution < -0.4 is 31.4 Å². The molecule has 0 aliphatic heterocycles. The summed E-state index contributed by atoms with van der Waals surface area (Å²) < 4.78 is 348. The van der Waals surface area contributed by atoms with Gasteiger partial charge in [0.05, 0.1) is 49.2 Å². The van der Waals surface area contributed by atoms with Gasteiger partial charge in [-0.15, -0.1) is 0 Å². The third-order valence-electron chi connectivity index (χ3n) is 10.0. The molecule has 68 heavy (non-hydrogen) atoms. The fourth-order valence-corrected chi connectivity index (χ4v) is 7.11. The molecule has 1 heterocycles. The van der Waals surface area contributed by atoms with E-state index < -0.39 is 195 Å². The number of alkyl halides is 24. The van der Waals surface area contributed by atoms with Gasteiger partial charge >= 0.3 is 61.3 Å². The molecular weight excluding hydrogens is 993 g/mol. The maximum absolute atomic E-state index is 14.2. The second kappa shape index (κ2) is 17.4. The van der Waals surface area contributed by atoms with Crippen LogP contribution in [0.5, 0.6) is 0 Å². The van der Waals surface area contributed by atoms with Gasteiger partial charge in [-0.1, -0.05) is 60.7 Å². The topological polar surface area (TPSA) is 26.2 Å². The molecule has 28 heteroatoms. The molecule has 368 valence electrons. The average molecular weight is 1010 g/mol. The van der Waals surface area contributed by atoms with Crippen LogP contribution in [0.3, 0.4) is 0 Å². The number of fused-ring (bicyclic) bond motifs is 1. The summed E-state index contributed by atoms with van der Waals surface area (Å²) in [6, 6.07) is -1.12. The van der Waals surface area contributed by atoms with Crippen molar-refractivity contribution in [1.29, 1.82) is 0 Å². The van der Waals surface area contributed by atoms with E-state index in [9.17, 15) is 105 Å². The largest absolute Gasteiger partial charge is 0.416 e. The van der Waals surface area contributed by atoms with E-state index in [4.69, 9.17) is 9.25 Å². The standard InChI is InChI=1S/C32H12BF24.C8H8NO2/c34-25(35,36)13-1-14(26(37,38)39)6-21(5-13)33(22-7-15(27(40,41)42)2-16(8-22)28(43,44)45,23-9-17(29(46,47)48)3-18(10-23)30(49,50)51)24-11-19(31(52,53)54)4-20(12-24)32(55,56)57;1-10-9-6-11-8-5-3-2-4-7(8)9/h1-12H;2-6H,1H3/q-1;+1. The van der Waals surface area contributed by atoms with E-state index in [1.54, 1.807) is 11.8 Å². The molecule has 0 saturated carbocycles. The summed E-state index contributed by atoms with van der Waals surface area (Å²) >= 11 is 0. The van der Waals surface area contributed by atoms with Gasteiger partial charge in [0, 0.05) is 6.07 Å². The van der Waals surface area contributed by atoms with Crippen molar-refractivity contribution in [3.8, 4) is 0 Å². The van der Waals surface area contributed by atoms with Gasteiger partial charge in [0.2, 0.25) is 5.58 Å². The van der Waals surface area contributed by atoms with Crippen molar-refractivity contribution >= 4 is 39.1 Å². The number of benzene rings is 5. The molecule has 3 nitrogen and oxygen atoms in total. The summed E-state index contributed by atoms with van der Waals surface area (Å²) in [5.41, 5.74) is -28.4. The first kappa shape index (κ1) is 52.7. The quantitative estimate of drug-likeness (QED) is 0.0977. The molecular formula is C40H20BF24NO2. The van der Waals surface area contributed by atoms with Crippen molar-refractivity contribution in [2.45, 2.75) is 49.4 Å². The predicted molar refractivity (Wildman–Crippen MR) is 189 cm³/mol. The van der Waals surface area contributed by atoms with E-state index >= 15 is 0 Å². The Bertz CT molecular complexity index is 2350. The van der Waals surface area contributed by atoms with Crippen LogP contribution in [-0.4, -0.2) is 13.3 Å². The zero-order valence-corrected chi connectivity index (χ0v) is 32.7. The second-order valence-corrected chi connectivity index (χ2v) is 14.4. The SMILES string of the molecule is CO[n+]1coc2ccccc21.FC(F)(F)c1cc([B-](c2cc(C(F)(F)F)cc(C(F)(F)F)c2)(c2cc(C(F)(F)F)cc(C(F)(F)F)c2)c2cc(C(F)(F)F)cc(C(F)(F)F)c2)cc(C(F)(F)F)c1. The van der Waals surface area contributed by atoms with E-state index in [1.807, 2.05) is 24.3 Å². The minimum Gasteiger partial charge on any atom is -0.400 e. The molecule has 0 unspecified atom stereocenters. The van der Waals surface area contributed by atoms with Crippen LogP contribution in [0.2, 0.25) is 0 Å². The molecule has 0 saturated heterocycles. The molecule has 0 amide bonds. The zero-order valence-electron chi connectivity index (χ0n) is 32.7. The van der Waals surface area contributed by atoms with Crippen molar-refractivity contribution in [2.75, 3.05) is 7.11 Å². The van der Waals surface area contributed by atoms with Crippen LogP contribution in [0, 0.1) is 0 Å². The Morgan fingerprint density at radius 3 is 0.779 bits per heavy atom. The maximum Gasteiger partial charge on any atom is 0.416 e. The highest BCUT2D eigenvalue weighted by atomic mass is 19.4. The first-order chi connectivity index (χ1) is 30.7. The van der Waals surface area contributed by atoms with Crippen molar-refractivity contribution < 1.29 is 119 Å². The van der Waals surface area contributed by atoms with E-state index in [-0.39, 0.29) is 0 Å². The number of para-hydroxylation sites is 2. The Labute approximate surface area is 363 Å². The van der Waals surface area contributed by atoms with Crippen molar-refractivity contribution in [2.24, 2.45) is 0 Å². The minimum atomic E-state index is -6.13. The molecule has 0 spiro atoms. The highest BCUT2D eigenvalue weighted by Gasteiger charge is 2.47. The number of halogens is 24. The van der Waals surface area contributed by atoms with Crippen LogP contribution in [-0.2, 0) is 49.4 Å². The van der Waals surface area contributed by atoms with E-state index in [2.05, 4.69) is 0 Å². The molecule has 0 atom stereocenters. The van der Waals surface area contributed by atoms with Gasteiger partial charge in [0.25, 0.3) is 0 Å². The molecule has 0 fully saturated rings. The van der Waals surface area contributed by atoms with Crippen LogP contribution in [0.4, 0.5) is 105 Å². The first-order valence-electron chi connectivity index (χ1n) is 18.0. The van der Waals surface area contributed by atoms with Gasteiger partial charge in [0.1, 0.15) is 13.3 Å². The zero-order chi connectivity index (χ0) is 51.6. The lowest BCUT2D eigenvalue weighted by molar-refractivity contribution is -0.868. The first-order valence-corrected chi connectivity index (χ1v) is 18.0. The summed E-state index contributed by atoms with van der Waals surface area (Å²) in [5, 5.41) is 0. The molecule has 6 rings (SSSR count). The van der Waals surface area contributed by atoms with E-state index in [1.165, 1.54) is 6.39 Å². The molecule has 0 aliphatic carbocycles. The Morgan fingerprint density at radius 1 is 0.353 bits per heavy atom. The third-order valence-corrected chi connectivity index (χ3v) is 10.0. The van der Waals surface area contributed by atoms with Gasteiger partial charge < -0.3 is 4.42 Å². The molecule has 6 aromatic rings. The lowest BCUT2D eigenvalue weighted by Gasteiger charge is -2.46. The molecule has 1 aromatic heterocycles. The van der Waals surface area contributed by atoms with Gasteiger partial charge in [-0.2, -0.15) is 127 Å². The summed E-state index contributed by atoms with van der Waals surface area (Å²) in [5.74, 6) is 0. The summed E-state index contributed by atoms with van der Waals surface area (Å²) in [6.07, 6.45) is -53.3. The van der Waals surface area contributed by atoms with Crippen molar-refractivity contribution in [3.63, 3.8) is 0 Å². The highest BCUT2D eigenvalue weighted by molar-refractivity contribution is 7.20. The number of hydrogen-bond acceptors (Lipinski definition) is 2. The lowest BCUT2D eigenvalue weighted by atomic mass is 9.12. The Balaban J connectivity index is 0.000000680. The number of oxazole rings is 1. The number of nitrogens with zero attached hydrogens (tertiary/aromatic N) is 1. The van der Waals surface area contributed by atoms with Crippen molar-refractivity contribution in [3.05, 3.63) is 148 Å². The Morgan fingerprint density at radius 2 is 0.574 bits per heavy atom. The third kappa shape index (κ3) is 11.2. The molecule has 0 radical (unpaired) electrons. The second-order valence-electron chi connectivity index (χ2n) is 14.4. The van der Waals surface area contributed by atoms with Gasteiger partial charge in [-0.3, -0.25) is 4.84 Å². The number of aromatic nitrogens is 1. The van der Waals surface area contributed by atoms with Crippen molar-refractivity contribution in [1.82, 2.24) is 0 Å². The van der Waals surface area contributed by atoms with Crippen LogP contribution in [0.15, 0.2) is 108 Å². The van der Waals surface area contributed by atoms with Crippen LogP contribution in [0.1, 0.15) is 44.5 Å². The normalized spacial score (nSPS) is 13.7. The monoisotopic (exact) mass is 1010 g/mol. The summed E-state index contributed by atoms with van der Waals surface area (Å²) in [4.78, 5) is 4.99. The van der Waals surface area contributed by atoms with Gasteiger partial charge in [-0.05, 0) is 30.3 Å². The highest BCUT2D eigenvalue weighted by Crippen LogP contribution is 2.41. The summed E-state index contributed by atoms with van der Waals surface area (Å²) in [6.45, 7) is 0. The van der Waals surface area contributed by atoms with Crippen LogP contribution >= 0.6 is 0 Å². The fraction of sp³-hybridized carbons (Fsp3) is 0.225. The van der Waals surface area contributed by atoms with Crippen LogP contribution in [0.25, 0.3) is 11.1 Å². The van der Waals surface area contributed by atoms with E-state index in [0.717, 1.165) is 11.1 Å². The van der Waals surface area contributed by atoms with Gasteiger partial charge in [0.15, 0.2) is 0 Å². The number of rotatable bonds is 5. The van der Waals surface area contributed by atoms with Gasteiger partial charge in [-0.25, -0.2) is 0 Å². The fourth-order valence-electron chi connectivity index (χ4n) is 7.11. The Hall–Kier alpha value is -6.25. The molecule has 0 bridgehead atoms. The average Bonchev–Trinajstić information content (AvgIpc) is 3.62. The molecule has 5 aromatic carbocycles. The van der Waals surface area contributed by atoms with E-state index in [0.29, 0.717) is 0 Å². The maximum atomic E-state index is 14.2. The summed E-state index contributed by atoms with van der Waals surface area (Å²) in [7, 11) is 1.60. The minimum absolute atomic E-state index is 0.691. The predicted octanol–water partition coefficient (Wildman–Crippen LogP) is 12.0. The molecule has 0 N–H and O–H groups in total. The molecule has 0 aliphatic rings. The Kier molecular flexibility index (Phi) is 13.5. The smallest absolute Gasteiger partial charge is 0.400 e. The number of hydrogen-bond donors (Lipinski definition) is 0.